The molecular formula is C21H22ClNO3. The highest BCUT2D eigenvalue weighted by molar-refractivity contribution is 6.30. The van der Waals surface area contributed by atoms with Gasteiger partial charge in [-0.1, -0.05) is 41.4 Å². The molecule has 0 bridgehead atoms. The topological polar surface area (TPSA) is 46.6 Å². The van der Waals surface area contributed by atoms with Crippen LogP contribution in [0, 0.1) is 12.8 Å². The largest absolute Gasteiger partial charge is 0.461 e. The van der Waals surface area contributed by atoms with Crippen molar-refractivity contribution in [2.45, 2.75) is 26.4 Å². The smallest absolute Gasteiger partial charge is 0.309 e. The molecule has 0 unspecified atom stereocenters. The van der Waals surface area contributed by atoms with Crippen molar-refractivity contribution in [2.24, 2.45) is 5.92 Å². The van der Waals surface area contributed by atoms with Crippen LogP contribution < -0.4 is 0 Å². The Morgan fingerprint density at radius 1 is 1.04 bits per heavy atom. The molecule has 1 saturated heterocycles. The number of rotatable bonds is 4. The summed E-state index contributed by atoms with van der Waals surface area (Å²) >= 11 is 5.86. The Labute approximate surface area is 158 Å². The normalized spacial score (nSPS) is 14.9. The number of hydrogen-bond donors (Lipinski definition) is 0. The van der Waals surface area contributed by atoms with Crippen molar-refractivity contribution in [1.29, 1.82) is 0 Å². The lowest BCUT2D eigenvalue weighted by Gasteiger charge is -2.31. The number of nitrogens with zero attached hydrogens (tertiary/aromatic N) is 1. The van der Waals surface area contributed by atoms with E-state index in [4.69, 9.17) is 16.3 Å². The number of halogens is 1. The molecule has 1 heterocycles. The maximum absolute atomic E-state index is 12.5. The number of piperidine rings is 1. The van der Waals surface area contributed by atoms with Crippen LogP contribution in [0.25, 0.3) is 0 Å². The van der Waals surface area contributed by atoms with Crippen LogP contribution in [0.15, 0.2) is 48.5 Å². The maximum atomic E-state index is 12.5. The van der Waals surface area contributed by atoms with Gasteiger partial charge in [-0.15, -0.1) is 0 Å². The summed E-state index contributed by atoms with van der Waals surface area (Å²) in [6.07, 6.45) is 1.26. The summed E-state index contributed by atoms with van der Waals surface area (Å²) < 4.78 is 5.44. The Balaban J connectivity index is 1.48. The van der Waals surface area contributed by atoms with Crippen LogP contribution in [-0.2, 0) is 16.1 Å². The molecule has 0 atom stereocenters. The fourth-order valence-electron chi connectivity index (χ4n) is 3.05. The molecule has 1 aliphatic heterocycles. The van der Waals surface area contributed by atoms with Gasteiger partial charge in [0.2, 0.25) is 0 Å². The zero-order chi connectivity index (χ0) is 18.5. The Hall–Kier alpha value is -2.33. The van der Waals surface area contributed by atoms with E-state index in [1.54, 1.807) is 29.2 Å². The molecule has 2 aromatic rings. The van der Waals surface area contributed by atoms with Crippen LogP contribution >= 0.6 is 11.6 Å². The highest BCUT2D eigenvalue weighted by atomic mass is 35.5. The molecule has 1 aliphatic rings. The van der Waals surface area contributed by atoms with E-state index in [-0.39, 0.29) is 17.8 Å². The molecule has 0 radical (unpaired) electrons. The fraction of sp³-hybridized carbons (Fsp3) is 0.333. The minimum absolute atomic E-state index is 0.0202. The van der Waals surface area contributed by atoms with Crippen LogP contribution in [0.2, 0.25) is 5.02 Å². The number of esters is 1. The summed E-state index contributed by atoms with van der Waals surface area (Å²) in [5.41, 5.74) is 2.78. The van der Waals surface area contributed by atoms with Gasteiger partial charge < -0.3 is 9.64 Å². The lowest BCUT2D eigenvalue weighted by Crippen LogP contribution is -2.40. The van der Waals surface area contributed by atoms with Gasteiger partial charge in [0.05, 0.1) is 5.92 Å². The molecule has 26 heavy (non-hydrogen) atoms. The molecule has 0 saturated carbocycles. The van der Waals surface area contributed by atoms with Gasteiger partial charge in [0, 0.05) is 23.7 Å². The lowest BCUT2D eigenvalue weighted by atomic mass is 9.96. The molecule has 1 amide bonds. The first-order chi connectivity index (χ1) is 12.5. The maximum Gasteiger partial charge on any atom is 0.309 e. The first kappa shape index (κ1) is 18.5. The van der Waals surface area contributed by atoms with E-state index < -0.39 is 0 Å². The Morgan fingerprint density at radius 2 is 1.65 bits per heavy atom. The van der Waals surface area contributed by atoms with Crippen molar-refractivity contribution in [1.82, 2.24) is 4.90 Å². The summed E-state index contributed by atoms with van der Waals surface area (Å²) in [4.78, 5) is 26.6. The number of aryl methyl sites for hydroxylation is 1. The van der Waals surface area contributed by atoms with E-state index in [0.717, 1.165) is 5.56 Å². The second kappa shape index (κ2) is 8.37. The zero-order valence-electron chi connectivity index (χ0n) is 14.8. The SMILES string of the molecule is Cc1ccc(COC(=O)C2CCN(C(=O)c3ccc(Cl)cc3)CC2)cc1. The van der Waals surface area contributed by atoms with Crippen molar-refractivity contribution in [3.63, 3.8) is 0 Å². The number of carbonyl (C=O) groups excluding carboxylic acids is 2. The van der Waals surface area contributed by atoms with Crippen LogP contribution in [0.5, 0.6) is 0 Å². The van der Waals surface area contributed by atoms with Crippen molar-refractivity contribution in [3.05, 3.63) is 70.2 Å². The van der Waals surface area contributed by atoms with Crippen molar-refractivity contribution in [2.75, 3.05) is 13.1 Å². The number of ether oxygens (including phenoxy) is 1. The van der Waals surface area contributed by atoms with Crippen LogP contribution in [0.3, 0.4) is 0 Å². The minimum atomic E-state index is -0.177. The summed E-state index contributed by atoms with van der Waals surface area (Å²) in [7, 11) is 0. The first-order valence-electron chi connectivity index (χ1n) is 8.80. The van der Waals surface area contributed by atoms with Gasteiger partial charge in [0.1, 0.15) is 6.61 Å². The van der Waals surface area contributed by atoms with Crippen LogP contribution in [0.4, 0.5) is 0 Å². The number of amides is 1. The molecule has 0 aromatic heterocycles. The number of likely N-dealkylation sites (tertiary alicyclic amines) is 1. The molecule has 1 fully saturated rings. The monoisotopic (exact) mass is 371 g/mol. The van der Waals surface area contributed by atoms with Crippen LogP contribution in [0.1, 0.15) is 34.3 Å². The van der Waals surface area contributed by atoms with Gasteiger partial charge in [0.15, 0.2) is 0 Å². The third kappa shape index (κ3) is 4.64. The first-order valence-corrected chi connectivity index (χ1v) is 9.18. The van der Waals surface area contributed by atoms with Gasteiger partial charge in [-0.2, -0.15) is 0 Å². The molecule has 3 rings (SSSR count). The van der Waals surface area contributed by atoms with Crippen molar-refractivity contribution >= 4 is 23.5 Å². The summed E-state index contributed by atoms with van der Waals surface area (Å²) in [6.45, 7) is 3.44. The average Bonchev–Trinajstić information content (AvgIpc) is 2.67. The van der Waals surface area contributed by atoms with Crippen molar-refractivity contribution < 1.29 is 14.3 Å². The Kier molecular flexibility index (Phi) is 5.94. The number of benzene rings is 2. The fourth-order valence-corrected chi connectivity index (χ4v) is 3.18. The van der Waals surface area contributed by atoms with E-state index in [1.807, 2.05) is 31.2 Å². The Morgan fingerprint density at radius 3 is 2.27 bits per heavy atom. The number of carbonyl (C=O) groups is 2. The predicted molar refractivity (Wildman–Crippen MR) is 101 cm³/mol. The van der Waals surface area contributed by atoms with Gasteiger partial charge in [-0.25, -0.2) is 0 Å². The van der Waals surface area contributed by atoms with E-state index in [0.29, 0.717) is 43.1 Å². The second-order valence-corrected chi connectivity index (χ2v) is 7.10. The molecule has 0 N–H and O–H groups in total. The Bertz CT molecular complexity index is 763. The number of hydrogen-bond acceptors (Lipinski definition) is 3. The molecule has 4 nitrogen and oxygen atoms in total. The molecule has 2 aromatic carbocycles. The second-order valence-electron chi connectivity index (χ2n) is 6.67. The van der Waals surface area contributed by atoms with Gasteiger partial charge in [-0.05, 0) is 49.6 Å². The quantitative estimate of drug-likeness (QED) is 0.755. The van der Waals surface area contributed by atoms with E-state index in [1.165, 1.54) is 5.56 Å². The van der Waals surface area contributed by atoms with Crippen LogP contribution in [-0.4, -0.2) is 29.9 Å². The predicted octanol–water partition coefficient (Wildman–Crippen LogP) is 4.24. The molecule has 0 aliphatic carbocycles. The van der Waals surface area contributed by atoms with E-state index >= 15 is 0 Å². The average molecular weight is 372 g/mol. The lowest BCUT2D eigenvalue weighted by molar-refractivity contribution is -0.151. The molecule has 5 heteroatoms. The van der Waals surface area contributed by atoms with Gasteiger partial charge in [0.25, 0.3) is 5.91 Å². The standard InChI is InChI=1S/C21H22ClNO3/c1-15-2-4-16(5-3-15)14-26-21(25)18-10-12-23(13-11-18)20(24)17-6-8-19(22)9-7-17/h2-9,18H,10-14H2,1H3. The van der Waals surface area contributed by atoms with Crippen molar-refractivity contribution in [3.8, 4) is 0 Å². The summed E-state index contributed by atoms with van der Waals surface area (Å²) in [5, 5.41) is 0.608. The van der Waals surface area contributed by atoms with E-state index in [9.17, 15) is 9.59 Å². The minimum Gasteiger partial charge on any atom is -0.461 e. The molecular weight excluding hydrogens is 350 g/mol. The zero-order valence-corrected chi connectivity index (χ0v) is 15.5. The van der Waals surface area contributed by atoms with Gasteiger partial charge >= 0.3 is 5.97 Å². The van der Waals surface area contributed by atoms with Gasteiger partial charge in [-0.3, -0.25) is 9.59 Å². The molecule has 0 spiro atoms. The third-order valence-electron chi connectivity index (χ3n) is 4.71. The summed E-state index contributed by atoms with van der Waals surface area (Å²) in [5.74, 6) is -0.341. The van der Waals surface area contributed by atoms with E-state index in [2.05, 4.69) is 0 Å². The third-order valence-corrected chi connectivity index (χ3v) is 4.96. The molecule has 136 valence electrons. The highest BCUT2D eigenvalue weighted by Gasteiger charge is 2.28. The highest BCUT2D eigenvalue weighted by Crippen LogP contribution is 2.21. The summed E-state index contributed by atoms with van der Waals surface area (Å²) in [6, 6.07) is 14.8.